The Labute approximate surface area is 175 Å². The van der Waals surface area contributed by atoms with Crippen LogP contribution >= 0.6 is 11.3 Å². The van der Waals surface area contributed by atoms with Gasteiger partial charge in [-0.1, -0.05) is 31.0 Å². The third-order valence-electron chi connectivity index (χ3n) is 5.06. The number of hydrazine groups is 1. The Kier molecular flexibility index (Phi) is 7.41. The normalized spacial score (nSPS) is 13.6. The molecule has 3 amide bonds. The summed E-state index contributed by atoms with van der Waals surface area (Å²) in [5.74, 6) is -0.853. The number of hydrogen-bond donors (Lipinski definition) is 3. The average molecular weight is 414 g/mol. The molecule has 0 aliphatic heterocycles. The highest BCUT2D eigenvalue weighted by Crippen LogP contribution is 2.28. The van der Waals surface area contributed by atoms with E-state index in [9.17, 15) is 14.4 Å². The van der Waals surface area contributed by atoms with Crippen LogP contribution in [0, 0.1) is 6.92 Å². The summed E-state index contributed by atoms with van der Waals surface area (Å²) in [7, 11) is 0. The minimum Gasteiger partial charge on any atom is -0.352 e. The van der Waals surface area contributed by atoms with Crippen LogP contribution in [-0.4, -0.2) is 24.3 Å². The van der Waals surface area contributed by atoms with Crippen molar-refractivity contribution >= 4 is 29.1 Å². The van der Waals surface area contributed by atoms with Crippen molar-refractivity contribution in [3.8, 4) is 0 Å². The van der Waals surface area contributed by atoms with E-state index in [1.165, 1.54) is 41.0 Å². The molecule has 0 fully saturated rings. The van der Waals surface area contributed by atoms with Gasteiger partial charge < -0.3 is 5.32 Å². The zero-order valence-corrected chi connectivity index (χ0v) is 17.5. The predicted molar refractivity (Wildman–Crippen MR) is 114 cm³/mol. The van der Waals surface area contributed by atoms with Gasteiger partial charge in [-0.05, 0) is 55.9 Å². The van der Waals surface area contributed by atoms with Crippen LogP contribution in [-0.2, 0) is 17.6 Å². The molecule has 1 aromatic heterocycles. The van der Waals surface area contributed by atoms with Gasteiger partial charge in [-0.25, -0.2) is 0 Å². The first-order valence-electron chi connectivity index (χ1n) is 10.1. The molecule has 0 unspecified atom stereocenters. The second-order valence-corrected chi connectivity index (χ2v) is 8.43. The van der Waals surface area contributed by atoms with E-state index in [1.54, 1.807) is 12.1 Å². The Morgan fingerprint density at radius 3 is 2.52 bits per heavy atom. The van der Waals surface area contributed by atoms with Crippen LogP contribution < -0.4 is 16.2 Å². The van der Waals surface area contributed by atoms with E-state index in [4.69, 9.17) is 0 Å². The van der Waals surface area contributed by atoms with E-state index >= 15 is 0 Å². The summed E-state index contributed by atoms with van der Waals surface area (Å²) < 4.78 is 0. The quantitative estimate of drug-likeness (QED) is 0.657. The molecule has 0 radical (unpaired) electrons. The summed E-state index contributed by atoms with van der Waals surface area (Å²) in [5, 5.41) is 2.72. The first kappa shape index (κ1) is 21.0. The van der Waals surface area contributed by atoms with Gasteiger partial charge >= 0.3 is 0 Å². The number of thiophene rings is 1. The summed E-state index contributed by atoms with van der Waals surface area (Å²) in [4.78, 5) is 38.4. The maximum Gasteiger partial charge on any atom is 0.279 e. The second-order valence-electron chi connectivity index (χ2n) is 7.30. The Morgan fingerprint density at radius 1 is 0.966 bits per heavy atom. The number of amides is 3. The van der Waals surface area contributed by atoms with Gasteiger partial charge in [0, 0.05) is 23.4 Å². The highest BCUT2D eigenvalue weighted by molar-refractivity contribution is 7.14. The number of carbonyl (C=O) groups is 3. The van der Waals surface area contributed by atoms with Crippen LogP contribution in [0.2, 0.25) is 0 Å². The van der Waals surface area contributed by atoms with Crippen molar-refractivity contribution in [3.63, 3.8) is 0 Å². The molecule has 1 aliphatic carbocycles. The van der Waals surface area contributed by atoms with Crippen LogP contribution in [0.15, 0.2) is 30.3 Å². The molecule has 0 saturated carbocycles. The van der Waals surface area contributed by atoms with Crippen LogP contribution in [0.4, 0.5) is 0 Å². The molecular formula is C22H27N3O3S. The standard InChI is InChI=1S/C22H27N3O3S/c1-15-8-6-7-10-17(15)21(27)23-13-12-20(26)24-25-22(28)19-14-16-9-4-2-3-5-11-18(16)29-19/h6-8,10,14H,2-5,9,11-13H2,1H3,(H,23,27)(H,24,26)(H,25,28). The first-order chi connectivity index (χ1) is 14.0. The zero-order valence-electron chi connectivity index (χ0n) is 16.7. The molecule has 7 heteroatoms. The molecule has 0 saturated heterocycles. The smallest absolute Gasteiger partial charge is 0.279 e. The number of benzene rings is 1. The highest BCUT2D eigenvalue weighted by Gasteiger charge is 2.16. The molecule has 3 rings (SSSR count). The molecule has 0 spiro atoms. The van der Waals surface area contributed by atoms with Crippen molar-refractivity contribution in [1.29, 1.82) is 0 Å². The maximum absolute atomic E-state index is 12.4. The maximum atomic E-state index is 12.4. The fraction of sp³-hybridized carbons (Fsp3) is 0.409. The van der Waals surface area contributed by atoms with E-state index in [0.29, 0.717) is 10.4 Å². The van der Waals surface area contributed by atoms with Gasteiger partial charge in [0.1, 0.15) is 0 Å². The molecule has 0 atom stereocenters. The minimum absolute atomic E-state index is 0.0822. The van der Waals surface area contributed by atoms with Crippen LogP contribution in [0.3, 0.4) is 0 Å². The van der Waals surface area contributed by atoms with Crippen molar-refractivity contribution < 1.29 is 14.4 Å². The summed E-state index contributed by atoms with van der Waals surface area (Å²) in [6, 6.07) is 9.24. The number of hydrogen-bond acceptors (Lipinski definition) is 4. The van der Waals surface area contributed by atoms with Crippen LogP contribution in [0.1, 0.15) is 68.1 Å². The van der Waals surface area contributed by atoms with Crippen LogP contribution in [0.25, 0.3) is 0 Å². The number of carbonyl (C=O) groups excluding carboxylic acids is 3. The molecule has 1 aliphatic rings. The van der Waals surface area contributed by atoms with Crippen molar-refractivity contribution in [2.45, 2.75) is 51.9 Å². The van der Waals surface area contributed by atoms with Gasteiger partial charge in [0.25, 0.3) is 11.8 Å². The Balaban J connectivity index is 1.42. The largest absolute Gasteiger partial charge is 0.352 e. The van der Waals surface area contributed by atoms with Crippen LogP contribution in [0.5, 0.6) is 0 Å². The molecule has 3 N–H and O–H groups in total. The van der Waals surface area contributed by atoms with Gasteiger partial charge in [-0.3, -0.25) is 25.2 Å². The van der Waals surface area contributed by atoms with Crippen molar-refractivity contribution in [2.24, 2.45) is 0 Å². The van der Waals surface area contributed by atoms with Crippen molar-refractivity contribution in [1.82, 2.24) is 16.2 Å². The molecular weight excluding hydrogens is 386 g/mol. The van der Waals surface area contributed by atoms with Gasteiger partial charge in [0.15, 0.2) is 0 Å². The summed E-state index contributed by atoms with van der Waals surface area (Å²) in [6.45, 7) is 2.06. The minimum atomic E-state index is -0.349. The monoisotopic (exact) mass is 413 g/mol. The lowest BCUT2D eigenvalue weighted by atomic mass is 10.00. The van der Waals surface area contributed by atoms with E-state index < -0.39 is 0 Å². The Hall–Kier alpha value is -2.67. The van der Waals surface area contributed by atoms with Crippen molar-refractivity contribution in [3.05, 3.63) is 56.8 Å². The number of nitrogens with one attached hydrogen (secondary N) is 3. The molecule has 0 bridgehead atoms. The Morgan fingerprint density at radius 2 is 1.72 bits per heavy atom. The third kappa shape index (κ3) is 5.90. The lowest BCUT2D eigenvalue weighted by Crippen LogP contribution is -2.42. The van der Waals surface area contributed by atoms with Crippen molar-refractivity contribution in [2.75, 3.05) is 6.54 Å². The fourth-order valence-electron chi connectivity index (χ4n) is 3.42. The molecule has 154 valence electrons. The SMILES string of the molecule is Cc1ccccc1C(=O)NCCC(=O)NNC(=O)c1cc2c(s1)CCCCCC2. The van der Waals surface area contributed by atoms with E-state index in [2.05, 4.69) is 16.2 Å². The van der Waals surface area contributed by atoms with Gasteiger partial charge in [-0.2, -0.15) is 0 Å². The molecule has 1 heterocycles. The Bertz CT molecular complexity index is 866. The van der Waals surface area contributed by atoms with E-state index in [1.807, 2.05) is 25.1 Å². The van der Waals surface area contributed by atoms with E-state index in [-0.39, 0.29) is 30.7 Å². The first-order valence-corrected chi connectivity index (χ1v) is 10.9. The second kappa shape index (κ2) is 10.2. The molecule has 1 aromatic carbocycles. The van der Waals surface area contributed by atoms with Gasteiger partial charge in [0.2, 0.25) is 5.91 Å². The summed E-state index contributed by atoms with van der Waals surface area (Å²) >= 11 is 1.52. The summed E-state index contributed by atoms with van der Waals surface area (Å²) in [6.07, 6.45) is 6.95. The molecule has 2 aromatic rings. The highest BCUT2D eigenvalue weighted by atomic mass is 32.1. The van der Waals surface area contributed by atoms with Gasteiger partial charge in [-0.15, -0.1) is 11.3 Å². The lowest BCUT2D eigenvalue weighted by molar-refractivity contribution is -0.121. The average Bonchev–Trinajstić information content (AvgIpc) is 3.08. The lowest BCUT2D eigenvalue weighted by Gasteiger charge is -2.08. The fourth-order valence-corrected chi connectivity index (χ4v) is 4.57. The third-order valence-corrected chi connectivity index (χ3v) is 6.30. The molecule has 29 heavy (non-hydrogen) atoms. The number of rotatable bonds is 5. The predicted octanol–water partition coefficient (Wildman–Crippen LogP) is 3.30. The van der Waals surface area contributed by atoms with Gasteiger partial charge in [0.05, 0.1) is 4.88 Å². The molecule has 6 nitrogen and oxygen atoms in total. The number of fused-ring (bicyclic) bond motifs is 1. The topological polar surface area (TPSA) is 87.3 Å². The van der Waals surface area contributed by atoms with E-state index in [0.717, 1.165) is 24.8 Å². The number of aryl methyl sites for hydroxylation is 3. The summed E-state index contributed by atoms with van der Waals surface area (Å²) in [5.41, 5.74) is 7.65. The zero-order chi connectivity index (χ0) is 20.6.